The van der Waals surface area contributed by atoms with Gasteiger partial charge in [0.1, 0.15) is 73.2 Å². The monoisotopic (exact) mass is 1360 g/mol. The maximum atomic E-state index is 13.4. The molecule has 0 spiro atoms. The van der Waals surface area contributed by atoms with Crippen molar-refractivity contribution in [2.75, 3.05) is 26.4 Å². The van der Waals surface area contributed by atoms with Gasteiger partial charge in [-0.2, -0.15) is 0 Å². The van der Waals surface area contributed by atoms with Gasteiger partial charge in [-0.3, -0.25) is 4.79 Å². The molecule has 95 heavy (non-hydrogen) atoms. The second kappa shape index (κ2) is 58.1. The van der Waals surface area contributed by atoms with Crippen molar-refractivity contribution in [3.8, 4) is 0 Å². The van der Waals surface area contributed by atoms with Crippen molar-refractivity contribution in [2.45, 2.75) is 439 Å². The molecule has 0 aromatic rings. The van der Waals surface area contributed by atoms with Crippen molar-refractivity contribution in [1.29, 1.82) is 0 Å². The Balaban J connectivity index is 1.27. The number of aliphatic hydroxyl groups excluding tert-OH is 11. The Morgan fingerprint density at radius 2 is 0.653 bits per heavy atom. The number of carbonyl (C=O) groups excluding carboxylic acids is 1. The molecule has 0 saturated carbocycles. The van der Waals surface area contributed by atoms with Crippen LogP contribution in [0.3, 0.4) is 0 Å². The zero-order valence-corrected chi connectivity index (χ0v) is 59.9. The highest BCUT2D eigenvalue weighted by Crippen LogP contribution is 2.33. The summed E-state index contributed by atoms with van der Waals surface area (Å²) in [6.45, 7) is 1.76. The van der Waals surface area contributed by atoms with E-state index >= 15 is 0 Å². The molecule has 0 aromatic heterocycles. The molecular weight excluding hydrogens is 1210 g/mol. The van der Waals surface area contributed by atoms with Crippen LogP contribution >= 0.6 is 0 Å². The Morgan fingerprint density at radius 1 is 0.368 bits per heavy atom. The van der Waals surface area contributed by atoms with E-state index in [2.05, 4.69) is 19.2 Å². The number of aliphatic hydroxyl groups is 11. The van der Waals surface area contributed by atoms with Crippen LogP contribution in [0, 0.1) is 0 Å². The number of amides is 1. The molecule has 0 bridgehead atoms. The molecule has 562 valence electrons. The highest BCUT2D eigenvalue weighted by atomic mass is 16.8. The van der Waals surface area contributed by atoms with E-state index in [0.29, 0.717) is 6.42 Å². The van der Waals surface area contributed by atoms with Gasteiger partial charge in [0.25, 0.3) is 0 Å². The second-order valence-corrected chi connectivity index (χ2v) is 28.5. The van der Waals surface area contributed by atoms with Crippen LogP contribution < -0.4 is 5.32 Å². The van der Waals surface area contributed by atoms with Gasteiger partial charge in [0.15, 0.2) is 18.9 Å². The van der Waals surface area contributed by atoms with Crippen molar-refractivity contribution in [3.05, 3.63) is 12.2 Å². The normalized spacial score (nSPS) is 27.2. The van der Waals surface area contributed by atoms with Gasteiger partial charge in [-0.05, 0) is 19.3 Å². The Hall–Kier alpha value is -1.47. The van der Waals surface area contributed by atoms with Crippen LogP contribution in [0.1, 0.15) is 335 Å². The summed E-state index contributed by atoms with van der Waals surface area (Å²) in [5, 5.41) is 120. The first kappa shape index (κ1) is 87.7. The lowest BCUT2D eigenvalue weighted by atomic mass is 9.96. The maximum absolute atomic E-state index is 13.4. The van der Waals surface area contributed by atoms with E-state index in [0.717, 1.165) is 44.9 Å². The molecule has 3 rings (SSSR count). The molecular formula is C76H145NO18. The predicted molar refractivity (Wildman–Crippen MR) is 374 cm³/mol. The first-order valence-corrected chi connectivity index (χ1v) is 39.4. The molecule has 17 atom stereocenters. The Labute approximate surface area is 576 Å². The summed E-state index contributed by atoms with van der Waals surface area (Å²) in [5.41, 5.74) is 0. The number of unbranched alkanes of at least 4 members (excludes halogenated alkanes) is 47. The fraction of sp³-hybridized carbons (Fsp3) is 0.961. The molecule has 19 heteroatoms. The summed E-state index contributed by atoms with van der Waals surface area (Å²) in [6.07, 6.45) is 41.1. The van der Waals surface area contributed by atoms with Gasteiger partial charge >= 0.3 is 0 Å². The largest absolute Gasteiger partial charge is 0.394 e. The van der Waals surface area contributed by atoms with Gasteiger partial charge in [0.2, 0.25) is 5.91 Å². The number of nitrogens with one attached hydrogen (secondary N) is 1. The van der Waals surface area contributed by atoms with Crippen LogP contribution in [-0.4, -0.2) is 193 Å². The molecule has 0 aliphatic carbocycles. The third-order valence-electron chi connectivity index (χ3n) is 20.1. The summed E-state index contributed by atoms with van der Waals surface area (Å²) < 4.78 is 34.4. The maximum Gasteiger partial charge on any atom is 0.220 e. The molecule has 17 unspecified atom stereocenters. The lowest BCUT2D eigenvalue weighted by Crippen LogP contribution is -2.66. The molecule has 3 saturated heterocycles. The van der Waals surface area contributed by atoms with Crippen LogP contribution in [0.5, 0.6) is 0 Å². The van der Waals surface area contributed by atoms with Crippen LogP contribution in [-0.2, 0) is 33.2 Å². The SMILES string of the molecule is CCCCCCCCCCCC/C=C/C(O)C(COC1OC(CO)C(OC2OC(CO)C(OC3OC(CO)C(O)C(O)C3O)C(O)C2O)C(O)C1O)NC(=O)CCCCCCCCCCCCCCCCCCCCCCCCCCCCCCCCCCCCCCCC. The molecule has 3 fully saturated rings. The van der Waals surface area contributed by atoms with Crippen LogP contribution in [0.15, 0.2) is 12.2 Å². The molecule has 19 nitrogen and oxygen atoms in total. The van der Waals surface area contributed by atoms with Gasteiger partial charge in [-0.25, -0.2) is 0 Å². The number of hydrogen-bond donors (Lipinski definition) is 12. The van der Waals surface area contributed by atoms with E-state index < -0.39 is 124 Å². The summed E-state index contributed by atoms with van der Waals surface area (Å²) >= 11 is 0. The van der Waals surface area contributed by atoms with E-state index in [4.69, 9.17) is 28.4 Å². The molecule has 0 radical (unpaired) electrons. The second-order valence-electron chi connectivity index (χ2n) is 28.5. The Bertz CT molecular complexity index is 1770. The summed E-state index contributed by atoms with van der Waals surface area (Å²) in [4.78, 5) is 13.4. The van der Waals surface area contributed by atoms with E-state index in [-0.39, 0.29) is 18.9 Å². The molecule has 0 aromatic carbocycles. The van der Waals surface area contributed by atoms with Gasteiger partial charge in [0.05, 0.1) is 38.6 Å². The Kier molecular flexibility index (Phi) is 53.6. The highest BCUT2D eigenvalue weighted by molar-refractivity contribution is 5.76. The third-order valence-corrected chi connectivity index (χ3v) is 20.1. The topological polar surface area (TPSA) is 307 Å². The minimum absolute atomic E-state index is 0.250. The zero-order chi connectivity index (χ0) is 68.9. The third kappa shape index (κ3) is 39.0. The highest BCUT2D eigenvalue weighted by Gasteiger charge is 2.53. The van der Waals surface area contributed by atoms with E-state index in [1.165, 1.54) is 263 Å². The minimum atomic E-state index is -1.98. The van der Waals surface area contributed by atoms with Crippen LogP contribution in [0.4, 0.5) is 0 Å². The fourth-order valence-corrected chi connectivity index (χ4v) is 13.7. The van der Waals surface area contributed by atoms with Crippen molar-refractivity contribution in [1.82, 2.24) is 5.32 Å². The molecule has 3 heterocycles. The number of allylic oxidation sites excluding steroid dienone is 1. The van der Waals surface area contributed by atoms with E-state index in [1.807, 2.05) is 6.08 Å². The van der Waals surface area contributed by atoms with Gasteiger partial charge in [0, 0.05) is 6.42 Å². The van der Waals surface area contributed by atoms with Crippen LogP contribution in [0.25, 0.3) is 0 Å². The average Bonchev–Trinajstić information content (AvgIpc) is 0.787. The van der Waals surface area contributed by atoms with E-state index in [9.17, 15) is 61.0 Å². The quantitative estimate of drug-likeness (QED) is 0.0199. The lowest BCUT2D eigenvalue weighted by molar-refractivity contribution is -0.379. The van der Waals surface area contributed by atoms with Gasteiger partial charge < -0.3 is 89.9 Å². The van der Waals surface area contributed by atoms with Gasteiger partial charge in [-0.15, -0.1) is 0 Å². The summed E-state index contributed by atoms with van der Waals surface area (Å²) in [5.74, 6) is -0.269. The number of hydrogen-bond acceptors (Lipinski definition) is 18. The van der Waals surface area contributed by atoms with Crippen molar-refractivity contribution in [2.24, 2.45) is 0 Å². The van der Waals surface area contributed by atoms with E-state index in [1.54, 1.807) is 6.08 Å². The smallest absolute Gasteiger partial charge is 0.220 e. The number of rotatable bonds is 63. The Morgan fingerprint density at radius 3 is 0.989 bits per heavy atom. The number of ether oxygens (including phenoxy) is 6. The molecule has 3 aliphatic heterocycles. The van der Waals surface area contributed by atoms with Crippen molar-refractivity contribution in [3.63, 3.8) is 0 Å². The average molecular weight is 1360 g/mol. The van der Waals surface area contributed by atoms with Crippen molar-refractivity contribution < 1.29 is 89.4 Å². The summed E-state index contributed by atoms with van der Waals surface area (Å²) in [7, 11) is 0. The first-order valence-electron chi connectivity index (χ1n) is 39.4. The molecule has 3 aliphatic rings. The molecule has 1 amide bonds. The summed E-state index contributed by atoms with van der Waals surface area (Å²) in [6, 6.07) is -0.968. The lowest BCUT2D eigenvalue weighted by Gasteiger charge is -2.48. The number of carbonyl (C=O) groups is 1. The first-order chi connectivity index (χ1) is 46.3. The van der Waals surface area contributed by atoms with Crippen molar-refractivity contribution >= 4 is 5.91 Å². The zero-order valence-electron chi connectivity index (χ0n) is 59.9. The molecule has 12 N–H and O–H groups in total. The predicted octanol–water partition coefficient (Wildman–Crippen LogP) is 12.4. The minimum Gasteiger partial charge on any atom is -0.394 e. The van der Waals surface area contributed by atoms with Gasteiger partial charge in [-0.1, -0.05) is 321 Å². The van der Waals surface area contributed by atoms with Crippen LogP contribution in [0.2, 0.25) is 0 Å². The fourth-order valence-electron chi connectivity index (χ4n) is 13.7. The standard InChI is InChI=1S/C76H145NO18/c1-3-5-7-9-11-13-15-17-18-19-20-21-22-23-24-25-26-27-28-29-30-31-32-33-34-35-36-37-38-39-40-41-42-44-46-48-50-52-54-64(82)77-59(60(81)53-51-49-47-45-43-16-14-12-10-8-6-4-2)58-90-74-70(88)67(85)72(62(56-79)92-74)95-76-71(89)68(86)73(63(57-80)93-76)94-75-69(87)66(84)65(83)61(55-78)91-75/h51,53,59-63,65-76,78-81,83-89H,3-50,52,54-58H2,1-2H3,(H,77,82)/b53-51+.